The van der Waals surface area contributed by atoms with Gasteiger partial charge in [0.15, 0.2) is 5.78 Å². The van der Waals surface area contributed by atoms with Crippen molar-refractivity contribution in [3.8, 4) is 0 Å². The van der Waals surface area contributed by atoms with Crippen molar-refractivity contribution >= 4 is 29.2 Å². The molecule has 0 radical (unpaired) electrons. The first kappa shape index (κ1) is 58.1. The zero-order chi connectivity index (χ0) is 51.2. The summed E-state index contributed by atoms with van der Waals surface area (Å²) >= 11 is 0. The number of aliphatic hydroxyl groups is 1. The van der Waals surface area contributed by atoms with Crippen molar-refractivity contribution in [1.82, 2.24) is 4.90 Å². The Morgan fingerprint density at radius 2 is 1.52 bits per heavy atom. The van der Waals surface area contributed by atoms with Gasteiger partial charge >= 0.3 is 12.6 Å². The number of cyclic esters (lactones) is 1. The number of ketones is 3. The molecule has 4 aliphatic rings. The normalized spacial score (nSPS) is 37.6. The van der Waals surface area contributed by atoms with Crippen LogP contribution in [0.1, 0.15) is 126 Å². The maximum Gasteiger partial charge on any atom is 0.345 e. The number of hydrogen-bond acceptors (Lipinski definition) is 13. The van der Waals surface area contributed by atoms with Crippen LogP contribution in [0.15, 0.2) is 47.6 Å². The highest BCUT2D eigenvalue weighted by molar-refractivity contribution is 6.39. The SMILES string of the molecule is CO[C@H]1C[C@@H]2CC[C@@H](C)[C@@](O)(O2)C(=O)C(=O)N2CCCC[C@H]2C(=O)O[C@H]([C@H](C)C[C@@H]2CC[C@@H](OC(F)F)[C@H](OC)C2)CC(=O)[C@H](C)/C=C(\C)[C@@H](OC)[C@@H](OC)C(=O)[C@H](C)C[C@H](C)/C=C/C=CC=C1C. The Hall–Kier alpha value is -3.51. The molecule has 15 atom stereocenters. The molecule has 0 aromatic rings. The summed E-state index contributed by atoms with van der Waals surface area (Å²) in [7, 11) is 5.96. The molecule has 1 amide bonds. The molecule has 0 aromatic carbocycles. The fourth-order valence-electron chi connectivity index (χ4n) is 10.7. The standard InChI is InChI=1S/C53H81F2NO13/c1-31-17-13-12-14-18-32(2)43(63-8)29-39-22-20-37(7)53(62,69-39)49(59)50(60)56-24-16-15-19-40(56)51(61)67-44(34(4)27-38-21-23-42(68-52(54)55)45(28-38)64-9)30-41(57)33(3)26-36(6)47(65-10)48(66-11)46(58)35(5)25-31/h12-14,17-18,26,31,33-35,37-40,42-45,47-48,52,62H,15-16,19-25,27-30H2,1-11H3/b14-12?,17-13+,32-18?,36-26+/t31-,33-,34-,35-,37-,38+,39+,40+,42-,43+,44+,45-,47-,48+,53-/m1/s1. The van der Waals surface area contributed by atoms with Gasteiger partial charge in [0.25, 0.3) is 11.7 Å². The summed E-state index contributed by atoms with van der Waals surface area (Å²) in [5.74, 6) is -8.13. The van der Waals surface area contributed by atoms with E-state index in [1.807, 2.05) is 58.1 Å². The molecule has 3 heterocycles. The van der Waals surface area contributed by atoms with Crippen LogP contribution in [0.25, 0.3) is 0 Å². The summed E-state index contributed by atoms with van der Waals surface area (Å²) < 4.78 is 66.8. The number of ether oxygens (including phenoxy) is 7. The lowest BCUT2D eigenvalue weighted by Gasteiger charge is -2.42. The van der Waals surface area contributed by atoms with E-state index in [0.29, 0.717) is 69.8 Å². The first-order valence-corrected chi connectivity index (χ1v) is 25.0. The van der Waals surface area contributed by atoms with Crippen LogP contribution >= 0.6 is 0 Å². The number of fused-ring (bicyclic) bond motifs is 3. The topological polar surface area (TPSA) is 173 Å². The maximum atomic E-state index is 14.5. The van der Waals surface area contributed by atoms with Crippen molar-refractivity contribution in [1.29, 1.82) is 0 Å². The molecule has 4 rings (SSSR count). The van der Waals surface area contributed by atoms with E-state index in [4.69, 9.17) is 33.2 Å². The highest BCUT2D eigenvalue weighted by Gasteiger charge is 2.53. The Labute approximate surface area is 408 Å². The molecule has 3 fully saturated rings. The number of allylic oxidation sites excluding steroid dienone is 6. The second-order valence-corrected chi connectivity index (χ2v) is 20.2. The Morgan fingerprint density at radius 1 is 0.812 bits per heavy atom. The minimum absolute atomic E-state index is 0.0366. The number of alkyl halides is 2. The van der Waals surface area contributed by atoms with Crippen LogP contribution in [0.2, 0.25) is 0 Å². The summed E-state index contributed by atoms with van der Waals surface area (Å²) in [6.07, 6.45) is 10.7. The average molecular weight is 978 g/mol. The van der Waals surface area contributed by atoms with Crippen molar-refractivity contribution in [3.05, 3.63) is 47.6 Å². The third-order valence-corrected chi connectivity index (χ3v) is 15.0. The zero-order valence-electron chi connectivity index (χ0n) is 42.9. The van der Waals surface area contributed by atoms with Gasteiger partial charge in [-0.1, -0.05) is 71.1 Å². The highest BCUT2D eigenvalue weighted by Crippen LogP contribution is 2.38. The number of piperidine rings is 1. The van der Waals surface area contributed by atoms with Gasteiger partial charge in [-0.3, -0.25) is 19.2 Å². The van der Waals surface area contributed by atoms with Crippen LogP contribution in [0.5, 0.6) is 0 Å². The number of carbonyl (C=O) groups is 5. The van der Waals surface area contributed by atoms with E-state index in [1.165, 1.54) is 26.2 Å². The molecule has 390 valence electrons. The molecule has 0 spiro atoms. The molecule has 3 aliphatic heterocycles. The van der Waals surface area contributed by atoms with Crippen molar-refractivity contribution in [2.75, 3.05) is 35.0 Å². The van der Waals surface area contributed by atoms with Crippen LogP contribution in [0, 0.1) is 35.5 Å². The molecule has 1 saturated carbocycles. The van der Waals surface area contributed by atoms with E-state index < -0.39 is 96.6 Å². The van der Waals surface area contributed by atoms with Crippen LogP contribution < -0.4 is 0 Å². The minimum atomic E-state index is -2.95. The number of esters is 1. The molecule has 2 bridgehead atoms. The smallest absolute Gasteiger partial charge is 0.345 e. The number of Topliss-reactive ketones (excluding diaryl/α,β-unsaturated/α-hetero) is 3. The number of halogens is 2. The Balaban J connectivity index is 1.72. The molecule has 69 heavy (non-hydrogen) atoms. The van der Waals surface area contributed by atoms with Gasteiger partial charge in [-0.25, -0.2) is 4.79 Å². The Morgan fingerprint density at radius 3 is 2.17 bits per heavy atom. The third-order valence-electron chi connectivity index (χ3n) is 15.0. The Bertz CT molecular complexity index is 1850. The molecular weight excluding hydrogens is 897 g/mol. The van der Waals surface area contributed by atoms with E-state index in [2.05, 4.69) is 0 Å². The molecule has 1 N–H and O–H groups in total. The number of hydrogen-bond donors (Lipinski definition) is 1. The summed E-state index contributed by atoms with van der Waals surface area (Å²) in [6, 6.07) is -1.18. The maximum absolute atomic E-state index is 14.5. The zero-order valence-corrected chi connectivity index (χ0v) is 42.9. The van der Waals surface area contributed by atoms with E-state index in [-0.39, 0.29) is 48.7 Å². The summed E-state index contributed by atoms with van der Waals surface area (Å²) in [5, 5.41) is 12.0. The van der Waals surface area contributed by atoms with Crippen LogP contribution in [-0.2, 0) is 57.1 Å². The molecular formula is C53H81F2NO13. The van der Waals surface area contributed by atoms with E-state index in [9.17, 15) is 37.9 Å². The monoisotopic (exact) mass is 978 g/mol. The predicted octanol–water partition coefficient (Wildman–Crippen LogP) is 8.08. The quantitative estimate of drug-likeness (QED) is 0.134. The number of nitrogens with zero attached hydrogens (tertiary/aromatic N) is 1. The van der Waals surface area contributed by atoms with Crippen molar-refractivity contribution in [2.45, 2.75) is 187 Å². The fraction of sp³-hybridized carbons (Fsp3) is 0.755. The van der Waals surface area contributed by atoms with Gasteiger partial charge in [0, 0.05) is 65.6 Å². The first-order valence-electron chi connectivity index (χ1n) is 25.0. The summed E-state index contributed by atoms with van der Waals surface area (Å²) in [5.41, 5.74) is 1.48. The number of carbonyl (C=O) groups excluding carboxylic acids is 5. The second-order valence-electron chi connectivity index (χ2n) is 20.2. The first-order chi connectivity index (χ1) is 32.7. The fourth-order valence-corrected chi connectivity index (χ4v) is 10.7. The highest BCUT2D eigenvalue weighted by atomic mass is 19.3. The van der Waals surface area contributed by atoms with Crippen molar-refractivity contribution in [3.63, 3.8) is 0 Å². The summed E-state index contributed by atoms with van der Waals surface area (Å²) in [6.45, 7) is 9.93. The van der Waals surface area contributed by atoms with E-state index in [1.54, 1.807) is 34.0 Å². The molecule has 14 nitrogen and oxygen atoms in total. The van der Waals surface area contributed by atoms with E-state index >= 15 is 0 Å². The predicted molar refractivity (Wildman–Crippen MR) is 255 cm³/mol. The van der Waals surface area contributed by atoms with Gasteiger partial charge < -0.3 is 43.2 Å². The molecule has 0 unspecified atom stereocenters. The Kier molecular flexibility index (Phi) is 23.0. The van der Waals surface area contributed by atoms with Crippen molar-refractivity contribution in [2.24, 2.45) is 35.5 Å². The minimum Gasteiger partial charge on any atom is -0.460 e. The number of amides is 1. The lowest BCUT2D eigenvalue weighted by molar-refractivity contribution is -0.265. The summed E-state index contributed by atoms with van der Waals surface area (Å²) in [4.78, 5) is 72.4. The molecule has 1 aliphatic carbocycles. The second kappa shape index (κ2) is 27.4. The molecule has 2 saturated heterocycles. The van der Waals surface area contributed by atoms with Crippen molar-refractivity contribution < 1.29 is 71.0 Å². The lowest BCUT2D eigenvalue weighted by Crippen LogP contribution is -2.61. The van der Waals surface area contributed by atoms with Gasteiger partial charge in [0.05, 0.1) is 24.4 Å². The number of methoxy groups -OCH3 is 4. The van der Waals surface area contributed by atoms with Gasteiger partial charge in [-0.15, -0.1) is 0 Å². The van der Waals surface area contributed by atoms with E-state index in [0.717, 1.165) is 5.57 Å². The third kappa shape index (κ3) is 15.7. The van der Waals surface area contributed by atoms with Crippen LogP contribution in [0.4, 0.5) is 8.78 Å². The lowest BCUT2D eigenvalue weighted by atomic mass is 9.78. The van der Waals surface area contributed by atoms with Gasteiger partial charge in [0.1, 0.15) is 30.1 Å². The molecule has 16 heteroatoms. The van der Waals surface area contributed by atoms with Crippen LogP contribution in [0.3, 0.4) is 0 Å². The molecule has 0 aromatic heterocycles. The van der Waals surface area contributed by atoms with Crippen LogP contribution in [-0.4, -0.2) is 135 Å². The van der Waals surface area contributed by atoms with Gasteiger partial charge in [-0.2, -0.15) is 8.78 Å². The largest absolute Gasteiger partial charge is 0.460 e. The average Bonchev–Trinajstić information content (AvgIpc) is 3.32. The van der Waals surface area contributed by atoms with Gasteiger partial charge in [-0.05, 0) is 107 Å². The number of rotatable bonds is 9. The van der Waals surface area contributed by atoms with Gasteiger partial charge in [0.2, 0.25) is 5.79 Å².